The number of fused-ring (bicyclic) bond motifs is 1. The molecule has 0 spiro atoms. The first kappa shape index (κ1) is 11.2. The van der Waals surface area contributed by atoms with Gasteiger partial charge in [-0.2, -0.15) is 0 Å². The highest BCUT2D eigenvalue weighted by molar-refractivity contribution is 14.1. The molecule has 0 aliphatic carbocycles. The zero-order valence-electron chi connectivity index (χ0n) is 9.34. The summed E-state index contributed by atoms with van der Waals surface area (Å²) >= 11 is 2.20. The molecule has 1 atom stereocenters. The Kier molecular flexibility index (Phi) is 2.89. The van der Waals surface area contributed by atoms with E-state index in [4.69, 9.17) is 0 Å². The fourth-order valence-corrected chi connectivity index (χ4v) is 2.79. The number of amides is 1. The number of rotatable bonds is 1. The molecule has 1 amide bonds. The number of nitrogens with zero attached hydrogens (tertiary/aromatic N) is 4. The molecule has 0 N–H and O–H groups in total. The number of anilines is 1. The van der Waals surface area contributed by atoms with Gasteiger partial charge in [-0.1, -0.05) is 0 Å². The Balaban J connectivity index is 1.75. The Labute approximate surface area is 113 Å². The molecule has 90 valence electrons. The van der Waals surface area contributed by atoms with Gasteiger partial charge in [-0.3, -0.25) is 4.79 Å². The Bertz CT molecular complexity index is 436. The van der Waals surface area contributed by atoms with Crippen molar-refractivity contribution in [2.45, 2.75) is 18.9 Å². The van der Waals surface area contributed by atoms with Crippen molar-refractivity contribution in [2.75, 3.05) is 24.5 Å². The largest absolute Gasteiger partial charge is 0.337 e. The van der Waals surface area contributed by atoms with Gasteiger partial charge in [0.05, 0.1) is 0 Å². The molecule has 0 saturated carbocycles. The number of carbonyl (C=O) groups excluding carboxylic acids is 1. The smallest absolute Gasteiger partial charge is 0.225 e. The molecule has 1 aromatic heterocycles. The lowest BCUT2D eigenvalue weighted by molar-refractivity contribution is -0.129. The van der Waals surface area contributed by atoms with E-state index in [1.165, 1.54) is 0 Å². The topological polar surface area (TPSA) is 49.3 Å². The van der Waals surface area contributed by atoms with E-state index in [1.807, 2.05) is 17.3 Å². The Morgan fingerprint density at radius 3 is 2.82 bits per heavy atom. The zero-order valence-corrected chi connectivity index (χ0v) is 11.5. The normalized spacial score (nSPS) is 24.1. The van der Waals surface area contributed by atoms with E-state index >= 15 is 0 Å². The third kappa shape index (κ3) is 2.10. The number of hydrogen-bond acceptors (Lipinski definition) is 4. The highest BCUT2D eigenvalue weighted by Gasteiger charge is 2.35. The molecule has 3 rings (SSSR count). The van der Waals surface area contributed by atoms with Crippen LogP contribution in [0, 0.1) is 3.57 Å². The highest BCUT2D eigenvalue weighted by atomic mass is 127. The van der Waals surface area contributed by atoms with Crippen molar-refractivity contribution in [3.05, 3.63) is 16.0 Å². The number of aromatic nitrogens is 2. The summed E-state index contributed by atoms with van der Waals surface area (Å²) in [4.78, 5) is 24.4. The number of halogens is 1. The summed E-state index contributed by atoms with van der Waals surface area (Å²) < 4.78 is 1.04. The SMILES string of the molecule is O=C1CCC2CN(c3ncc(I)cn3)CCN12. The van der Waals surface area contributed by atoms with Gasteiger partial charge in [0.25, 0.3) is 0 Å². The van der Waals surface area contributed by atoms with Gasteiger partial charge >= 0.3 is 0 Å². The van der Waals surface area contributed by atoms with E-state index < -0.39 is 0 Å². The van der Waals surface area contributed by atoms with E-state index in [9.17, 15) is 4.79 Å². The van der Waals surface area contributed by atoms with Crippen molar-refractivity contribution in [3.63, 3.8) is 0 Å². The summed E-state index contributed by atoms with van der Waals surface area (Å²) in [5, 5.41) is 0. The molecule has 1 unspecified atom stereocenters. The molecule has 2 aliphatic rings. The highest BCUT2D eigenvalue weighted by Crippen LogP contribution is 2.24. The standard InChI is InChI=1S/C11H13IN4O/c12-8-5-13-11(14-6-8)15-3-4-16-9(7-15)1-2-10(16)17/h5-6,9H,1-4,7H2. The van der Waals surface area contributed by atoms with Crippen molar-refractivity contribution >= 4 is 34.4 Å². The number of carbonyl (C=O) groups is 1. The fraction of sp³-hybridized carbons (Fsp3) is 0.545. The van der Waals surface area contributed by atoms with Gasteiger partial charge in [0.2, 0.25) is 11.9 Å². The molecule has 0 radical (unpaired) electrons. The molecule has 2 fully saturated rings. The van der Waals surface area contributed by atoms with E-state index in [0.29, 0.717) is 18.4 Å². The summed E-state index contributed by atoms with van der Waals surface area (Å²) in [6.45, 7) is 2.51. The number of hydrogen-bond donors (Lipinski definition) is 0. The lowest BCUT2D eigenvalue weighted by Gasteiger charge is -2.37. The first-order valence-corrected chi connectivity index (χ1v) is 6.84. The molecular weight excluding hydrogens is 331 g/mol. The van der Waals surface area contributed by atoms with Crippen LogP contribution in [-0.4, -0.2) is 46.5 Å². The minimum absolute atomic E-state index is 0.304. The third-order valence-electron chi connectivity index (χ3n) is 3.38. The Hall–Kier alpha value is -0.920. The van der Waals surface area contributed by atoms with Gasteiger partial charge in [-0.15, -0.1) is 0 Å². The summed E-state index contributed by atoms with van der Waals surface area (Å²) in [5.41, 5.74) is 0. The van der Waals surface area contributed by atoms with E-state index in [0.717, 1.165) is 35.6 Å². The van der Waals surface area contributed by atoms with Crippen LogP contribution in [0.25, 0.3) is 0 Å². The Morgan fingerprint density at radius 1 is 1.29 bits per heavy atom. The molecule has 6 heteroatoms. The van der Waals surface area contributed by atoms with Crippen LogP contribution < -0.4 is 4.90 Å². The van der Waals surface area contributed by atoms with Crippen LogP contribution in [0.5, 0.6) is 0 Å². The van der Waals surface area contributed by atoms with Crippen molar-refractivity contribution < 1.29 is 4.79 Å². The average Bonchev–Trinajstić information content (AvgIpc) is 2.72. The molecule has 17 heavy (non-hydrogen) atoms. The maximum atomic E-state index is 11.6. The van der Waals surface area contributed by atoms with Gasteiger partial charge < -0.3 is 9.80 Å². The quantitative estimate of drug-likeness (QED) is 0.710. The van der Waals surface area contributed by atoms with E-state index in [1.54, 1.807) is 0 Å². The Morgan fingerprint density at radius 2 is 2.06 bits per heavy atom. The average molecular weight is 344 g/mol. The molecule has 0 bridgehead atoms. The van der Waals surface area contributed by atoms with Gasteiger partial charge in [0.1, 0.15) is 0 Å². The second kappa shape index (κ2) is 4.40. The molecule has 0 aromatic carbocycles. The maximum Gasteiger partial charge on any atom is 0.225 e. The summed E-state index contributed by atoms with van der Waals surface area (Å²) in [7, 11) is 0. The molecular formula is C11H13IN4O. The maximum absolute atomic E-state index is 11.6. The van der Waals surface area contributed by atoms with Crippen molar-refractivity contribution in [2.24, 2.45) is 0 Å². The molecule has 5 nitrogen and oxygen atoms in total. The zero-order chi connectivity index (χ0) is 11.8. The van der Waals surface area contributed by atoms with Gasteiger partial charge in [0.15, 0.2) is 0 Å². The van der Waals surface area contributed by atoms with Crippen LogP contribution in [0.3, 0.4) is 0 Å². The summed E-state index contributed by atoms with van der Waals surface area (Å²) in [6.07, 6.45) is 5.33. The molecule has 1 aromatic rings. The van der Waals surface area contributed by atoms with Crippen LogP contribution >= 0.6 is 22.6 Å². The third-order valence-corrected chi connectivity index (χ3v) is 3.94. The van der Waals surface area contributed by atoms with Crippen LogP contribution in [0.1, 0.15) is 12.8 Å². The minimum Gasteiger partial charge on any atom is -0.337 e. The predicted molar refractivity (Wildman–Crippen MR) is 71.7 cm³/mol. The molecule has 2 aliphatic heterocycles. The lowest BCUT2D eigenvalue weighted by atomic mass is 10.2. The van der Waals surface area contributed by atoms with Gasteiger partial charge in [-0.05, 0) is 29.0 Å². The minimum atomic E-state index is 0.304. The second-order valence-electron chi connectivity index (χ2n) is 4.43. The monoisotopic (exact) mass is 344 g/mol. The molecule has 3 heterocycles. The first-order valence-electron chi connectivity index (χ1n) is 5.76. The van der Waals surface area contributed by atoms with Crippen molar-refractivity contribution in [1.82, 2.24) is 14.9 Å². The summed E-state index contributed by atoms with van der Waals surface area (Å²) in [6, 6.07) is 0.360. The van der Waals surface area contributed by atoms with Crippen LogP contribution in [0.2, 0.25) is 0 Å². The van der Waals surface area contributed by atoms with Crippen LogP contribution in [-0.2, 0) is 4.79 Å². The second-order valence-corrected chi connectivity index (χ2v) is 5.67. The van der Waals surface area contributed by atoms with Crippen LogP contribution in [0.4, 0.5) is 5.95 Å². The summed E-state index contributed by atoms with van der Waals surface area (Å²) in [5.74, 6) is 1.09. The van der Waals surface area contributed by atoms with Gasteiger partial charge in [-0.25, -0.2) is 9.97 Å². The van der Waals surface area contributed by atoms with Crippen molar-refractivity contribution in [1.29, 1.82) is 0 Å². The predicted octanol–water partition coefficient (Wildman–Crippen LogP) is 0.892. The van der Waals surface area contributed by atoms with E-state index in [2.05, 4.69) is 37.5 Å². The van der Waals surface area contributed by atoms with Crippen molar-refractivity contribution in [3.8, 4) is 0 Å². The van der Waals surface area contributed by atoms with E-state index in [-0.39, 0.29) is 0 Å². The number of piperazine rings is 1. The first-order chi connectivity index (χ1) is 8.24. The fourth-order valence-electron chi connectivity index (χ4n) is 2.51. The van der Waals surface area contributed by atoms with Crippen LogP contribution in [0.15, 0.2) is 12.4 Å². The lowest BCUT2D eigenvalue weighted by Crippen LogP contribution is -2.52. The molecule has 2 saturated heterocycles. The van der Waals surface area contributed by atoms with Gasteiger partial charge in [0, 0.05) is 48.1 Å².